The number of benzene rings is 3. The van der Waals surface area contributed by atoms with Gasteiger partial charge in [-0.15, -0.1) is 0 Å². The highest BCUT2D eigenvalue weighted by Crippen LogP contribution is 2.31. The molecule has 1 aliphatic heterocycles. The monoisotopic (exact) mass is 510 g/mol. The van der Waals surface area contributed by atoms with E-state index < -0.39 is 18.0 Å². The Morgan fingerprint density at radius 1 is 1.06 bits per heavy atom. The first kappa shape index (κ1) is 22.3. The van der Waals surface area contributed by atoms with Crippen molar-refractivity contribution >= 4 is 34.0 Å². The van der Waals surface area contributed by atoms with E-state index in [-0.39, 0.29) is 12.4 Å². The molecule has 168 valence electrons. The van der Waals surface area contributed by atoms with Crippen LogP contribution in [0.25, 0.3) is 0 Å². The van der Waals surface area contributed by atoms with Crippen molar-refractivity contribution in [3.05, 3.63) is 82.3 Å². The summed E-state index contributed by atoms with van der Waals surface area (Å²) in [5.41, 5.74) is 3.47. The zero-order chi connectivity index (χ0) is 23.2. The van der Waals surface area contributed by atoms with Crippen molar-refractivity contribution < 1.29 is 28.5 Å². The smallest absolute Gasteiger partial charge is 0.343 e. The van der Waals surface area contributed by atoms with Gasteiger partial charge in [0.15, 0.2) is 23.0 Å². The third kappa shape index (κ3) is 5.50. The molecule has 8 nitrogen and oxygen atoms in total. The van der Waals surface area contributed by atoms with E-state index in [9.17, 15) is 9.59 Å². The number of hydrazone groups is 1. The summed E-state index contributed by atoms with van der Waals surface area (Å²) in [6.07, 6.45) is 0.630. The highest BCUT2D eigenvalue weighted by molar-refractivity contribution is 9.10. The van der Waals surface area contributed by atoms with Crippen LogP contribution in [0.2, 0.25) is 0 Å². The number of carbonyl (C=O) groups excluding carboxylic acids is 2. The highest BCUT2D eigenvalue weighted by atomic mass is 79.9. The molecule has 33 heavy (non-hydrogen) atoms. The number of nitrogens with zero attached hydrogens (tertiary/aromatic N) is 1. The number of amides is 1. The minimum absolute atomic E-state index is 0.0879. The lowest BCUT2D eigenvalue weighted by molar-refractivity contribution is -0.130. The van der Waals surface area contributed by atoms with Gasteiger partial charge in [0.2, 0.25) is 6.10 Å². The van der Waals surface area contributed by atoms with E-state index in [1.807, 2.05) is 6.07 Å². The number of fused-ring (bicyclic) bond motifs is 1. The Bertz CT molecular complexity index is 1200. The van der Waals surface area contributed by atoms with E-state index >= 15 is 0 Å². The molecule has 1 aliphatic rings. The number of rotatable bonds is 6. The average Bonchev–Trinajstić information content (AvgIpc) is 2.84. The standard InChI is InChI=1S/C24H19BrN2O6/c1-30-21-12-15(6-11-20(21)33-24(29)16-7-9-17(25)10-8-16)13-26-27-23(28)22-14-31-18-4-2-3-5-19(18)32-22/h2-13,22H,14H2,1H3,(H,27,28)/b26-13-/t22-/m1/s1. The van der Waals surface area contributed by atoms with Crippen LogP contribution in [0.5, 0.6) is 23.0 Å². The third-order valence-electron chi connectivity index (χ3n) is 4.66. The molecule has 4 rings (SSSR count). The number of nitrogens with one attached hydrogen (secondary N) is 1. The molecule has 0 bridgehead atoms. The summed E-state index contributed by atoms with van der Waals surface area (Å²) in [4.78, 5) is 24.7. The molecule has 9 heteroatoms. The SMILES string of the molecule is COc1cc(/C=N\NC(=O)[C@H]2COc3ccccc3O2)ccc1OC(=O)c1ccc(Br)cc1. The van der Waals surface area contributed by atoms with Crippen LogP contribution in [-0.2, 0) is 4.79 Å². The topological polar surface area (TPSA) is 95.5 Å². The molecule has 0 unspecified atom stereocenters. The van der Waals surface area contributed by atoms with Gasteiger partial charge in [-0.05, 0) is 60.2 Å². The van der Waals surface area contributed by atoms with Gasteiger partial charge in [-0.2, -0.15) is 5.10 Å². The quantitative estimate of drug-likeness (QED) is 0.233. The molecular weight excluding hydrogens is 492 g/mol. The van der Waals surface area contributed by atoms with Gasteiger partial charge in [-0.1, -0.05) is 28.1 Å². The summed E-state index contributed by atoms with van der Waals surface area (Å²) in [7, 11) is 1.47. The second-order valence-corrected chi connectivity index (χ2v) is 7.82. The van der Waals surface area contributed by atoms with Crippen LogP contribution < -0.4 is 24.4 Å². The van der Waals surface area contributed by atoms with Crippen molar-refractivity contribution in [3.63, 3.8) is 0 Å². The zero-order valence-electron chi connectivity index (χ0n) is 17.5. The Balaban J connectivity index is 1.37. The van der Waals surface area contributed by atoms with Crippen molar-refractivity contribution in [2.75, 3.05) is 13.7 Å². The fourth-order valence-electron chi connectivity index (χ4n) is 2.98. The molecule has 1 heterocycles. The van der Waals surface area contributed by atoms with Crippen LogP contribution in [0.4, 0.5) is 0 Å². The summed E-state index contributed by atoms with van der Waals surface area (Å²) in [6, 6.07) is 18.9. The first-order valence-corrected chi connectivity index (χ1v) is 10.7. The molecule has 3 aromatic rings. The maximum absolute atomic E-state index is 12.4. The molecule has 1 N–H and O–H groups in total. The number of halogens is 1. The number of methoxy groups -OCH3 is 1. The summed E-state index contributed by atoms with van der Waals surface area (Å²) in [6.45, 7) is 0.0879. The molecular formula is C24H19BrN2O6. The van der Waals surface area contributed by atoms with Crippen LogP contribution >= 0.6 is 15.9 Å². The lowest BCUT2D eigenvalue weighted by atomic mass is 10.2. The van der Waals surface area contributed by atoms with Gasteiger partial charge >= 0.3 is 5.97 Å². The number of hydrogen-bond donors (Lipinski definition) is 1. The summed E-state index contributed by atoms with van der Waals surface area (Å²) in [5, 5.41) is 3.97. The summed E-state index contributed by atoms with van der Waals surface area (Å²) < 4.78 is 22.8. The van der Waals surface area contributed by atoms with Gasteiger partial charge in [0.1, 0.15) is 6.61 Å². The Morgan fingerprint density at radius 2 is 1.82 bits per heavy atom. The van der Waals surface area contributed by atoms with Crippen LogP contribution in [-0.4, -0.2) is 37.9 Å². The van der Waals surface area contributed by atoms with Crippen LogP contribution in [0, 0.1) is 0 Å². The van der Waals surface area contributed by atoms with E-state index in [2.05, 4.69) is 26.5 Å². The Labute approximate surface area is 198 Å². The summed E-state index contributed by atoms with van der Waals surface area (Å²) >= 11 is 3.33. The van der Waals surface area contributed by atoms with Gasteiger partial charge in [-0.3, -0.25) is 4.79 Å². The van der Waals surface area contributed by atoms with Crippen molar-refractivity contribution in [1.29, 1.82) is 0 Å². The van der Waals surface area contributed by atoms with E-state index in [0.717, 1.165) is 4.47 Å². The van der Waals surface area contributed by atoms with E-state index in [0.29, 0.717) is 28.4 Å². The average molecular weight is 511 g/mol. The minimum atomic E-state index is -0.813. The fraction of sp³-hybridized carbons (Fsp3) is 0.125. The first-order valence-electron chi connectivity index (χ1n) is 9.90. The number of hydrogen-bond acceptors (Lipinski definition) is 7. The van der Waals surface area contributed by atoms with Crippen molar-refractivity contribution in [3.8, 4) is 23.0 Å². The molecule has 0 saturated heterocycles. The zero-order valence-corrected chi connectivity index (χ0v) is 19.1. The molecule has 0 spiro atoms. The number of carbonyl (C=O) groups is 2. The van der Waals surface area contributed by atoms with Crippen LogP contribution in [0.3, 0.4) is 0 Å². The molecule has 1 amide bonds. The summed E-state index contributed by atoms with van der Waals surface area (Å²) in [5.74, 6) is 0.761. The van der Waals surface area contributed by atoms with Crippen molar-refractivity contribution in [2.24, 2.45) is 5.10 Å². The van der Waals surface area contributed by atoms with Gasteiger partial charge in [0.05, 0.1) is 18.9 Å². The van der Waals surface area contributed by atoms with Gasteiger partial charge in [0, 0.05) is 4.47 Å². The lowest BCUT2D eigenvalue weighted by Gasteiger charge is -2.24. The van der Waals surface area contributed by atoms with E-state index in [1.54, 1.807) is 60.7 Å². The van der Waals surface area contributed by atoms with Crippen molar-refractivity contribution in [1.82, 2.24) is 5.43 Å². The largest absolute Gasteiger partial charge is 0.493 e. The first-order chi connectivity index (χ1) is 16.0. The highest BCUT2D eigenvalue weighted by Gasteiger charge is 2.27. The second-order valence-electron chi connectivity index (χ2n) is 6.91. The van der Waals surface area contributed by atoms with Crippen LogP contribution in [0.1, 0.15) is 15.9 Å². The maximum atomic E-state index is 12.4. The molecule has 0 radical (unpaired) electrons. The normalized spacial score (nSPS) is 14.5. The maximum Gasteiger partial charge on any atom is 0.343 e. The molecule has 0 aromatic heterocycles. The molecule has 0 aliphatic carbocycles. The van der Waals surface area contributed by atoms with Gasteiger partial charge in [0.25, 0.3) is 5.91 Å². The molecule has 0 saturated carbocycles. The van der Waals surface area contributed by atoms with Gasteiger partial charge < -0.3 is 18.9 Å². The van der Waals surface area contributed by atoms with Crippen LogP contribution in [0.15, 0.2) is 76.3 Å². The predicted molar refractivity (Wildman–Crippen MR) is 124 cm³/mol. The second kappa shape index (κ2) is 10.2. The van der Waals surface area contributed by atoms with E-state index in [4.69, 9.17) is 18.9 Å². The number of para-hydroxylation sites is 2. The molecule has 3 aromatic carbocycles. The van der Waals surface area contributed by atoms with E-state index in [1.165, 1.54) is 13.3 Å². The third-order valence-corrected chi connectivity index (χ3v) is 5.19. The Kier molecular flexibility index (Phi) is 6.89. The molecule has 0 fully saturated rings. The predicted octanol–water partition coefficient (Wildman–Crippen LogP) is 3.97. The Morgan fingerprint density at radius 3 is 2.58 bits per heavy atom. The number of esters is 1. The fourth-order valence-corrected chi connectivity index (χ4v) is 3.25. The lowest BCUT2D eigenvalue weighted by Crippen LogP contribution is -2.42. The number of ether oxygens (including phenoxy) is 4. The minimum Gasteiger partial charge on any atom is -0.493 e. The Hall–Kier alpha value is -3.85. The van der Waals surface area contributed by atoms with Crippen molar-refractivity contribution in [2.45, 2.75) is 6.10 Å². The van der Waals surface area contributed by atoms with Gasteiger partial charge in [-0.25, -0.2) is 10.2 Å². The molecule has 1 atom stereocenters.